The molecule has 1 atom stereocenters. The van der Waals surface area contributed by atoms with Gasteiger partial charge in [-0.05, 0) is 38.5 Å². The Morgan fingerprint density at radius 3 is 3.10 bits per heavy atom. The first-order valence-electron chi connectivity index (χ1n) is 6.34. The molecule has 1 heterocycles. The third kappa shape index (κ3) is 3.77. The van der Waals surface area contributed by atoms with Crippen LogP contribution >= 0.6 is 11.3 Å². The van der Waals surface area contributed by atoms with Crippen molar-refractivity contribution < 1.29 is 14.3 Å². The molecule has 0 fully saturated rings. The molecule has 0 saturated carbocycles. The topological polar surface area (TPSA) is 68.3 Å². The number of anilines is 1. The molecule has 0 saturated heterocycles. The van der Waals surface area contributed by atoms with Gasteiger partial charge in [-0.3, -0.25) is 9.59 Å². The van der Waals surface area contributed by atoms with Gasteiger partial charge in [-0.15, -0.1) is 11.3 Å². The zero-order chi connectivity index (χ0) is 14.5. The highest BCUT2D eigenvalue weighted by molar-refractivity contribution is 7.18. The second-order valence-corrected chi connectivity index (χ2v) is 5.78. The first-order valence-corrected chi connectivity index (χ1v) is 7.16. The number of ether oxygens (including phenoxy) is 1. The van der Waals surface area contributed by atoms with Crippen LogP contribution in [0, 0.1) is 6.92 Å². The lowest BCUT2D eigenvalue weighted by Gasteiger charge is -2.09. The quantitative estimate of drug-likeness (QED) is 0.831. The molecule has 1 aromatic heterocycles. The maximum absolute atomic E-state index is 11.8. The van der Waals surface area contributed by atoms with Gasteiger partial charge in [0.15, 0.2) is 0 Å². The predicted molar refractivity (Wildman–Crippen MR) is 78.8 cm³/mol. The van der Waals surface area contributed by atoms with E-state index in [2.05, 4.69) is 10.3 Å². The Labute approximate surface area is 121 Å². The summed E-state index contributed by atoms with van der Waals surface area (Å²) in [6.45, 7) is 4.12. The fourth-order valence-corrected chi connectivity index (χ4v) is 2.70. The van der Waals surface area contributed by atoms with Crippen molar-refractivity contribution >= 4 is 39.6 Å². The van der Waals surface area contributed by atoms with Gasteiger partial charge >= 0.3 is 0 Å². The van der Waals surface area contributed by atoms with E-state index >= 15 is 0 Å². The van der Waals surface area contributed by atoms with Gasteiger partial charge in [0.1, 0.15) is 0 Å². The number of carbonyl (C=O) groups is 2. The highest BCUT2D eigenvalue weighted by Crippen LogP contribution is 2.24. The molecule has 0 aliphatic heterocycles. The van der Waals surface area contributed by atoms with Crippen molar-refractivity contribution in [3.8, 4) is 0 Å². The average molecular weight is 292 g/mol. The van der Waals surface area contributed by atoms with Crippen LogP contribution in [0.1, 0.15) is 24.8 Å². The van der Waals surface area contributed by atoms with E-state index in [1.807, 2.05) is 25.1 Å². The summed E-state index contributed by atoms with van der Waals surface area (Å²) in [5, 5.41) is 3.84. The van der Waals surface area contributed by atoms with Crippen molar-refractivity contribution in [2.45, 2.75) is 32.8 Å². The van der Waals surface area contributed by atoms with Gasteiger partial charge in [-0.1, -0.05) is 0 Å². The number of fused-ring (bicyclic) bond motifs is 1. The number of hydrogen-bond acceptors (Lipinski definition) is 5. The van der Waals surface area contributed by atoms with Gasteiger partial charge in [-0.2, -0.15) is 0 Å². The summed E-state index contributed by atoms with van der Waals surface area (Å²) >= 11 is 1.60. The Kier molecular flexibility index (Phi) is 4.68. The molecular weight excluding hydrogens is 276 g/mol. The van der Waals surface area contributed by atoms with Crippen molar-refractivity contribution in [3.05, 3.63) is 23.2 Å². The Hall–Kier alpha value is -1.95. The largest absolute Gasteiger partial charge is 0.465 e. The van der Waals surface area contributed by atoms with E-state index in [0.717, 1.165) is 20.9 Å². The third-order valence-electron chi connectivity index (χ3n) is 2.84. The van der Waals surface area contributed by atoms with Crippen molar-refractivity contribution in [2.75, 3.05) is 5.32 Å². The van der Waals surface area contributed by atoms with Crippen LogP contribution in [0.4, 0.5) is 5.69 Å². The molecule has 1 N–H and O–H groups in total. The summed E-state index contributed by atoms with van der Waals surface area (Å²) in [6, 6.07) is 5.65. The molecule has 5 nitrogen and oxygen atoms in total. The molecule has 1 aromatic carbocycles. The second kappa shape index (κ2) is 6.47. The van der Waals surface area contributed by atoms with E-state index in [9.17, 15) is 9.59 Å². The monoisotopic (exact) mass is 292 g/mol. The molecule has 106 valence electrons. The zero-order valence-corrected chi connectivity index (χ0v) is 12.2. The number of thiazole rings is 1. The molecule has 0 radical (unpaired) electrons. The van der Waals surface area contributed by atoms with E-state index in [4.69, 9.17) is 4.74 Å². The lowest BCUT2D eigenvalue weighted by atomic mass is 10.2. The fourth-order valence-electron chi connectivity index (χ4n) is 1.84. The van der Waals surface area contributed by atoms with Crippen molar-refractivity contribution in [2.24, 2.45) is 0 Å². The van der Waals surface area contributed by atoms with Crippen LogP contribution in [0.15, 0.2) is 18.2 Å². The number of amides is 1. The van der Waals surface area contributed by atoms with Crippen LogP contribution in [-0.2, 0) is 14.3 Å². The first-order chi connectivity index (χ1) is 9.58. The predicted octanol–water partition coefficient (Wildman–Crippen LogP) is 2.88. The second-order valence-electron chi connectivity index (χ2n) is 4.55. The number of hydrogen-bond donors (Lipinski definition) is 1. The Bertz CT molecular complexity index is 624. The normalized spacial score (nSPS) is 12.1. The molecule has 2 rings (SSSR count). The van der Waals surface area contributed by atoms with E-state index < -0.39 is 0 Å². The molecule has 0 spiro atoms. The van der Waals surface area contributed by atoms with Crippen LogP contribution in [0.5, 0.6) is 0 Å². The molecule has 1 amide bonds. The van der Waals surface area contributed by atoms with Crippen LogP contribution in [0.3, 0.4) is 0 Å². The average Bonchev–Trinajstić information content (AvgIpc) is 2.76. The minimum absolute atomic E-state index is 0.0908. The summed E-state index contributed by atoms with van der Waals surface area (Å²) in [5.41, 5.74) is 1.70. The number of benzene rings is 1. The lowest BCUT2D eigenvalue weighted by Crippen LogP contribution is -2.15. The fraction of sp³-hybridized carbons (Fsp3) is 0.357. The van der Waals surface area contributed by atoms with Gasteiger partial charge < -0.3 is 10.1 Å². The van der Waals surface area contributed by atoms with Crippen LogP contribution < -0.4 is 5.32 Å². The zero-order valence-electron chi connectivity index (χ0n) is 11.4. The standard InChI is InChI=1S/C14H16N2O3S/c1-9(19-8-17)3-6-14(18)16-11-4-5-12-13(7-11)20-10(2)15-12/h4-5,7-9H,3,6H2,1-2H3,(H,16,18). The number of rotatable bonds is 6. The third-order valence-corrected chi connectivity index (χ3v) is 3.78. The summed E-state index contributed by atoms with van der Waals surface area (Å²) in [6.07, 6.45) is 0.575. The van der Waals surface area contributed by atoms with Crippen LogP contribution in [0.2, 0.25) is 0 Å². The molecule has 6 heteroatoms. The van der Waals surface area contributed by atoms with Gasteiger partial charge in [0.05, 0.1) is 21.3 Å². The van der Waals surface area contributed by atoms with Gasteiger partial charge in [0.2, 0.25) is 5.91 Å². The summed E-state index contributed by atoms with van der Waals surface area (Å²) in [4.78, 5) is 26.3. The highest BCUT2D eigenvalue weighted by atomic mass is 32.1. The SMILES string of the molecule is Cc1nc2ccc(NC(=O)CCC(C)OC=O)cc2s1. The Balaban J connectivity index is 1.93. The molecular formula is C14H16N2O3S. The molecule has 0 aliphatic carbocycles. The Morgan fingerprint density at radius 1 is 1.55 bits per heavy atom. The minimum atomic E-state index is -0.245. The van der Waals surface area contributed by atoms with Gasteiger partial charge in [0, 0.05) is 12.1 Å². The van der Waals surface area contributed by atoms with Crippen molar-refractivity contribution in [1.29, 1.82) is 0 Å². The molecule has 2 aromatic rings. The summed E-state index contributed by atoms with van der Waals surface area (Å²) in [5.74, 6) is -0.0908. The van der Waals surface area contributed by atoms with Crippen molar-refractivity contribution in [3.63, 3.8) is 0 Å². The lowest BCUT2D eigenvalue weighted by molar-refractivity contribution is -0.133. The van der Waals surface area contributed by atoms with Gasteiger partial charge in [0.25, 0.3) is 6.47 Å². The summed E-state index contributed by atoms with van der Waals surface area (Å²) in [7, 11) is 0. The maximum Gasteiger partial charge on any atom is 0.293 e. The number of carbonyl (C=O) groups excluding carboxylic acids is 2. The number of aryl methyl sites for hydroxylation is 1. The maximum atomic E-state index is 11.8. The van der Waals surface area contributed by atoms with E-state index in [1.54, 1.807) is 18.3 Å². The molecule has 1 unspecified atom stereocenters. The molecule has 20 heavy (non-hydrogen) atoms. The summed E-state index contributed by atoms with van der Waals surface area (Å²) < 4.78 is 5.79. The highest BCUT2D eigenvalue weighted by Gasteiger charge is 2.08. The molecule has 0 aliphatic rings. The number of aromatic nitrogens is 1. The van der Waals surface area contributed by atoms with Crippen LogP contribution in [0.25, 0.3) is 10.2 Å². The Morgan fingerprint density at radius 2 is 2.35 bits per heavy atom. The number of nitrogens with zero attached hydrogens (tertiary/aromatic N) is 1. The first kappa shape index (κ1) is 14.5. The smallest absolute Gasteiger partial charge is 0.293 e. The minimum Gasteiger partial charge on any atom is -0.465 e. The van der Waals surface area contributed by atoms with Gasteiger partial charge in [-0.25, -0.2) is 4.98 Å². The van der Waals surface area contributed by atoms with E-state index in [-0.39, 0.29) is 12.0 Å². The molecule has 0 bridgehead atoms. The van der Waals surface area contributed by atoms with Crippen LogP contribution in [-0.4, -0.2) is 23.5 Å². The number of nitrogens with one attached hydrogen (secondary N) is 1. The van der Waals surface area contributed by atoms with E-state index in [0.29, 0.717) is 19.3 Å². The van der Waals surface area contributed by atoms with Crippen molar-refractivity contribution in [1.82, 2.24) is 4.98 Å². The van der Waals surface area contributed by atoms with E-state index in [1.165, 1.54) is 0 Å².